The van der Waals surface area contributed by atoms with Gasteiger partial charge in [-0.15, -0.1) is 0 Å². The van der Waals surface area contributed by atoms with Gasteiger partial charge in [0.15, 0.2) is 28.9 Å². The number of carbonyl (C=O) groups is 5. The number of benzene rings is 1. The van der Waals surface area contributed by atoms with Crippen molar-refractivity contribution in [2.75, 3.05) is 0 Å². The topological polar surface area (TPSA) is 124 Å². The lowest BCUT2D eigenvalue weighted by molar-refractivity contribution is -0.146. The van der Waals surface area contributed by atoms with Crippen LogP contribution in [0.2, 0.25) is 0 Å². The Balaban J connectivity index is 1.97. The van der Waals surface area contributed by atoms with Gasteiger partial charge in [-0.1, -0.05) is 41.5 Å². The van der Waals surface area contributed by atoms with Gasteiger partial charge in [0.2, 0.25) is 0 Å². The third kappa shape index (κ3) is 4.06. The van der Waals surface area contributed by atoms with Crippen LogP contribution in [-0.4, -0.2) is 34.0 Å². The predicted molar refractivity (Wildman–Crippen MR) is 173 cm³/mol. The molecular weight excluding hydrogens is 584 g/mol. The smallest absolute Gasteiger partial charge is 0.175 e. The van der Waals surface area contributed by atoms with E-state index in [0.29, 0.717) is 11.1 Å². The zero-order valence-corrected chi connectivity index (χ0v) is 29.7. The van der Waals surface area contributed by atoms with Crippen LogP contribution in [0.3, 0.4) is 0 Å². The number of phenolic OH excluding ortho intramolecular Hbond substituents is 1. The van der Waals surface area contributed by atoms with Crippen molar-refractivity contribution in [1.29, 1.82) is 0 Å². The Morgan fingerprint density at radius 3 is 1.22 bits per heavy atom. The van der Waals surface area contributed by atoms with Gasteiger partial charge >= 0.3 is 0 Å². The summed E-state index contributed by atoms with van der Waals surface area (Å²) in [6.07, 6.45) is 0. The van der Waals surface area contributed by atoms with Gasteiger partial charge in [0.05, 0.1) is 21.7 Å². The standard InChI is InChI=1S/C38H48O8/c1-15(2)18-20-26(40)21-19(16(3)4)23-30(42)36(9,10)34(44)38(13,14)32(23)46-28(21)24(25(39)17(5)6)27(20)45-31-22(18)29(41)35(7,8)33(43)37(31,11)12/h15-19,40H,1-14H3/t18-,19+. The fraction of sp³-hybridized carbons (Fsp3) is 0.605. The summed E-state index contributed by atoms with van der Waals surface area (Å²) in [4.78, 5) is 70.2. The minimum atomic E-state index is -1.34. The highest BCUT2D eigenvalue weighted by atomic mass is 16.5. The largest absolute Gasteiger partial charge is 0.507 e. The normalized spacial score (nSPS) is 25.7. The van der Waals surface area contributed by atoms with Gasteiger partial charge < -0.3 is 14.6 Å². The third-order valence-electron chi connectivity index (χ3n) is 10.7. The Bertz CT molecular complexity index is 1610. The number of Topliss-reactive ketones (excluding diaryl/α,β-unsaturated/α-hetero) is 5. The van der Waals surface area contributed by atoms with Gasteiger partial charge in [0.25, 0.3) is 0 Å². The highest BCUT2D eigenvalue weighted by Crippen LogP contribution is 2.64. The van der Waals surface area contributed by atoms with Crippen LogP contribution >= 0.6 is 0 Å². The van der Waals surface area contributed by atoms with Crippen molar-refractivity contribution in [2.24, 2.45) is 39.4 Å². The zero-order valence-electron chi connectivity index (χ0n) is 29.7. The quantitative estimate of drug-likeness (QED) is 0.269. The maximum atomic E-state index is 14.3. The number of ketones is 5. The monoisotopic (exact) mass is 632 g/mol. The number of ether oxygens (including phenoxy) is 2. The molecule has 2 aliphatic carbocycles. The van der Waals surface area contributed by atoms with Gasteiger partial charge in [0.1, 0.15) is 34.3 Å². The minimum absolute atomic E-state index is 0.0546. The van der Waals surface area contributed by atoms with Crippen molar-refractivity contribution >= 4 is 28.9 Å². The van der Waals surface area contributed by atoms with Crippen LogP contribution in [0.15, 0.2) is 22.7 Å². The average Bonchev–Trinajstić information content (AvgIpc) is 2.95. The van der Waals surface area contributed by atoms with Crippen molar-refractivity contribution < 1.29 is 38.6 Å². The van der Waals surface area contributed by atoms with Gasteiger partial charge in [-0.25, -0.2) is 0 Å². The predicted octanol–water partition coefficient (Wildman–Crippen LogP) is 7.41. The molecule has 1 N–H and O–H groups in total. The van der Waals surface area contributed by atoms with Crippen molar-refractivity contribution in [3.8, 4) is 17.2 Å². The lowest BCUT2D eigenvalue weighted by Crippen LogP contribution is -2.52. The van der Waals surface area contributed by atoms with Crippen molar-refractivity contribution in [2.45, 2.75) is 109 Å². The summed E-state index contributed by atoms with van der Waals surface area (Å²) >= 11 is 0. The molecule has 8 heteroatoms. The maximum absolute atomic E-state index is 14.3. The summed E-state index contributed by atoms with van der Waals surface area (Å²) in [6.45, 7) is 24.5. The molecule has 0 fully saturated rings. The van der Waals surface area contributed by atoms with Crippen molar-refractivity contribution in [1.82, 2.24) is 0 Å². The van der Waals surface area contributed by atoms with Gasteiger partial charge in [-0.3, -0.25) is 24.0 Å². The number of phenols is 1. The van der Waals surface area contributed by atoms with Crippen molar-refractivity contribution in [3.63, 3.8) is 0 Å². The summed E-state index contributed by atoms with van der Waals surface area (Å²) in [7, 11) is 0. The summed E-state index contributed by atoms with van der Waals surface area (Å²) in [5.74, 6) is -3.94. The maximum Gasteiger partial charge on any atom is 0.175 e. The van der Waals surface area contributed by atoms with Crippen LogP contribution < -0.4 is 9.47 Å². The first kappa shape index (κ1) is 33.8. The van der Waals surface area contributed by atoms with Crippen molar-refractivity contribution in [3.05, 3.63) is 39.4 Å². The van der Waals surface area contributed by atoms with Crippen LogP contribution in [-0.2, 0) is 19.2 Å². The van der Waals surface area contributed by atoms with E-state index in [1.54, 1.807) is 69.2 Å². The second-order valence-electron chi connectivity index (χ2n) is 16.7. The van der Waals surface area contributed by atoms with E-state index >= 15 is 0 Å². The first-order chi connectivity index (χ1) is 20.9. The molecular formula is C38H48O8. The Morgan fingerprint density at radius 1 is 0.609 bits per heavy atom. The Kier molecular flexibility index (Phi) is 7.33. The second kappa shape index (κ2) is 9.98. The SMILES string of the molecule is CC(C)C(=O)c1c2c(c(O)c3c1OC1=C(C(=O)C(C)(C)C(=O)C1(C)C)[C@@H]3C(C)C)[C@H](C(C)C)C1=C(O2)C(C)(C)C(=O)C(C)(C)C1=O. The molecule has 4 aliphatic rings. The molecule has 0 unspecified atom stereocenters. The first-order valence-electron chi connectivity index (χ1n) is 16.4. The molecule has 5 rings (SSSR count). The van der Waals surface area contributed by atoms with E-state index in [0.717, 1.165) is 0 Å². The lowest BCUT2D eigenvalue weighted by Gasteiger charge is -2.48. The molecule has 8 nitrogen and oxygen atoms in total. The summed E-state index contributed by atoms with van der Waals surface area (Å²) in [5, 5.41) is 12.5. The highest BCUT2D eigenvalue weighted by molar-refractivity contribution is 6.21. The molecule has 0 radical (unpaired) electrons. The summed E-state index contributed by atoms with van der Waals surface area (Å²) in [5.41, 5.74) is -3.83. The number of aromatic hydroxyl groups is 1. The lowest BCUT2D eigenvalue weighted by atomic mass is 9.58. The Hall–Kier alpha value is -3.55. The number of carbonyl (C=O) groups excluding carboxylic acids is 5. The molecule has 2 atom stereocenters. The number of allylic oxidation sites excluding steroid dienone is 4. The van der Waals surface area contributed by atoms with E-state index in [1.807, 2.05) is 27.7 Å². The number of hydrogen-bond acceptors (Lipinski definition) is 8. The highest BCUT2D eigenvalue weighted by Gasteiger charge is 2.61. The molecule has 0 saturated heterocycles. The van der Waals surface area contributed by atoms with Gasteiger partial charge in [0, 0.05) is 40.0 Å². The van der Waals surface area contributed by atoms with E-state index in [2.05, 4.69) is 0 Å². The van der Waals surface area contributed by atoms with Crippen LogP contribution in [0, 0.1) is 39.4 Å². The number of fused-ring (bicyclic) bond motifs is 2. The zero-order chi connectivity index (χ0) is 35.0. The van der Waals surface area contributed by atoms with Crippen LogP contribution in [0.5, 0.6) is 17.2 Å². The van der Waals surface area contributed by atoms with E-state index in [1.165, 1.54) is 0 Å². The minimum Gasteiger partial charge on any atom is -0.507 e. The summed E-state index contributed by atoms with van der Waals surface area (Å²) in [6, 6.07) is 0. The molecule has 1 aromatic rings. The molecule has 0 saturated carbocycles. The fourth-order valence-electron chi connectivity index (χ4n) is 8.32. The van der Waals surface area contributed by atoms with Crippen LogP contribution in [0.1, 0.15) is 130 Å². The van der Waals surface area contributed by atoms with Crippen LogP contribution in [0.4, 0.5) is 0 Å². The summed E-state index contributed by atoms with van der Waals surface area (Å²) < 4.78 is 13.2. The van der Waals surface area contributed by atoms with E-state index in [4.69, 9.17) is 9.47 Å². The van der Waals surface area contributed by atoms with E-state index < -0.39 is 39.4 Å². The van der Waals surface area contributed by atoms with E-state index in [-0.39, 0.29) is 86.2 Å². The molecule has 0 spiro atoms. The van der Waals surface area contributed by atoms with Gasteiger partial charge in [-0.05, 0) is 67.2 Å². The number of hydrogen-bond donors (Lipinski definition) is 1. The Labute approximate surface area is 272 Å². The molecule has 1 aromatic carbocycles. The fourth-order valence-corrected chi connectivity index (χ4v) is 8.32. The molecule has 248 valence electrons. The molecule has 2 aliphatic heterocycles. The molecule has 0 amide bonds. The molecule has 0 bridgehead atoms. The molecule has 0 aromatic heterocycles. The molecule has 2 heterocycles. The van der Waals surface area contributed by atoms with Gasteiger partial charge in [-0.2, -0.15) is 0 Å². The van der Waals surface area contributed by atoms with Crippen LogP contribution in [0.25, 0.3) is 0 Å². The number of rotatable bonds is 4. The average molecular weight is 633 g/mol. The Morgan fingerprint density at radius 2 is 0.935 bits per heavy atom. The van der Waals surface area contributed by atoms with E-state index in [9.17, 15) is 29.1 Å². The third-order valence-corrected chi connectivity index (χ3v) is 10.7. The second-order valence-corrected chi connectivity index (χ2v) is 16.7. The first-order valence-corrected chi connectivity index (χ1v) is 16.4. The molecule has 46 heavy (non-hydrogen) atoms.